The first-order chi connectivity index (χ1) is 16.9. The SMILES string of the molecule is COc1cccc(N(C(=O)c2snc(C(N)=O)c2N)C(C(=O)NC2CCCCC2)c2cccs2)c1. The first-order valence-corrected chi connectivity index (χ1v) is 12.9. The molecule has 1 aromatic carbocycles. The van der Waals surface area contributed by atoms with Gasteiger partial charge in [0.15, 0.2) is 11.7 Å². The highest BCUT2D eigenvalue weighted by molar-refractivity contribution is 7.10. The van der Waals surface area contributed by atoms with Crippen molar-refractivity contribution >= 4 is 52.0 Å². The Bertz CT molecular complexity index is 1200. The monoisotopic (exact) mass is 513 g/mol. The van der Waals surface area contributed by atoms with E-state index in [0.29, 0.717) is 16.3 Å². The van der Waals surface area contributed by atoms with Crippen LogP contribution in [0, 0.1) is 0 Å². The molecule has 1 saturated carbocycles. The van der Waals surface area contributed by atoms with Gasteiger partial charge in [0.2, 0.25) is 5.91 Å². The number of carbonyl (C=O) groups is 3. The molecule has 1 fully saturated rings. The quantitative estimate of drug-likeness (QED) is 0.419. The van der Waals surface area contributed by atoms with Crippen LogP contribution in [0.15, 0.2) is 41.8 Å². The molecule has 2 heterocycles. The maximum Gasteiger partial charge on any atom is 0.273 e. The number of nitrogens with zero attached hydrogens (tertiary/aromatic N) is 2. The van der Waals surface area contributed by atoms with E-state index < -0.39 is 17.9 Å². The van der Waals surface area contributed by atoms with Gasteiger partial charge in [0, 0.05) is 22.7 Å². The molecule has 1 unspecified atom stereocenters. The third kappa shape index (κ3) is 5.30. The molecule has 1 aliphatic carbocycles. The van der Waals surface area contributed by atoms with Crippen molar-refractivity contribution in [2.24, 2.45) is 5.73 Å². The normalized spacial score (nSPS) is 14.8. The van der Waals surface area contributed by atoms with Gasteiger partial charge in [-0.3, -0.25) is 19.3 Å². The Morgan fingerprint density at radius 1 is 1.17 bits per heavy atom. The van der Waals surface area contributed by atoms with Crippen LogP contribution in [0.3, 0.4) is 0 Å². The highest BCUT2D eigenvalue weighted by Crippen LogP contribution is 2.36. The molecule has 3 aromatic rings. The zero-order valence-corrected chi connectivity index (χ0v) is 20.9. The second-order valence-electron chi connectivity index (χ2n) is 8.28. The average molecular weight is 514 g/mol. The third-order valence-electron chi connectivity index (χ3n) is 5.98. The molecule has 0 spiro atoms. The fourth-order valence-corrected chi connectivity index (χ4v) is 5.79. The standard InChI is InChI=1S/C24H27N5O4S2/c1-33-16-10-5-9-15(13-16)29(24(32)21-18(25)19(22(26)30)28-35-21)20(17-11-6-12-34-17)23(31)27-14-7-3-2-4-8-14/h5-6,9-14,20H,2-4,7-8,25H2,1H3,(H2,26,30)(H,27,31). The van der Waals surface area contributed by atoms with Crippen molar-refractivity contribution in [3.63, 3.8) is 0 Å². The summed E-state index contributed by atoms with van der Waals surface area (Å²) >= 11 is 2.16. The van der Waals surface area contributed by atoms with Crippen molar-refractivity contribution < 1.29 is 19.1 Å². The number of nitrogens with one attached hydrogen (secondary N) is 1. The summed E-state index contributed by atoms with van der Waals surface area (Å²) in [4.78, 5) is 41.6. The van der Waals surface area contributed by atoms with E-state index >= 15 is 0 Å². The van der Waals surface area contributed by atoms with Crippen molar-refractivity contribution in [1.82, 2.24) is 9.69 Å². The number of hydrogen-bond acceptors (Lipinski definition) is 8. The summed E-state index contributed by atoms with van der Waals surface area (Å²) in [6.45, 7) is 0. The zero-order chi connectivity index (χ0) is 24.9. The second-order valence-corrected chi connectivity index (χ2v) is 10.0. The fourth-order valence-electron chi connectivity index (χ4n) is 4.23. The van der Waals surface area contributed by atoms with E-state index in [1.165, 1.54) is 23.3 Å². The highest BCUT2D eigenvalue weighted by atomic mass is 32.1. The van der Waals surface area contributed by atoms with Crippen molar-refractivity contribution in [3.05, 3.63) is 57.2 Å². The fraction of sp³-hybridized carbons (Fsp3) is 0.333. The number of methoxy groups -OCH3 is 1. The average Bonchev–Trinajstić information content (AvgIpc) is 3.52. The van der Waals surface area contributed by atoms with Crippen LogP contribution >= 0.6 is 22.9 Å². The minimum absolute atomic E-state index is 0.0358. The number of nitrogens with two attached hydrogens (primary N) is 2. The molecule has 1 aliphatic rings. The molecule has 0 saturated heterocycles. The van der Waals surface area contributed by atoms with Gasteiger partial charge in [0.05, 0.1) is 12.8 Å². The summed E-state index contributed by atoms with van der Waals surface area (Å²) in [6.07, 6.45) is 5.07. The van der Waals surface area contributed by atoms with Crippen molar-refractivity contribution in [3.8, 4) is 5.75 Å². The number of thiophene rings is 1. The number of primary amides is 1. The van der Waals surface area contributed by atoms with E-state index in [-0.39, 0.29) is 28.2 Å². The number of carbonyl (C=O) groups excluding carboxylic acids is 3. The molecule has 0 aliphatic heterocycles. The molecule has 5 N–H and O–H groups in total. The van der Waals surface area contributed by atoms with E-state index in [1.54, 1.807) is 24.3 Å². The molecule has 1 atom stereocenters. The number of rotatable bonds is 8. The lowest BCUT2D eigenvalue weighted by molar-refractivity contribution is -0.123. The maximum atomic E-state index is 14.0. The number of ether oxygens (including phenoxy) is 1. The van der Waals surface area contributed by atoms with Gasteiger partial charge < -0.3 is 21.5 Å². The van der Waals surface area contributed by atoms with Gasteiger partial charge >= 0.3 is 0 Å². The predicted octanol–water partition coefficient (Wildman–Crippen LogP) is 3.73. The molecule has 0 bridgehead atoms. The summed E-state index contributed by atoms with van der Waals surface area (Å²) in [6, 6.07) is 9.64. The summed E-state index contributed by atoms with van der Waals surface area (Å²) < 4.78 is 9.35. The Morgan fingerprint density at radius 2 is 1.94 bits per heavy atom. The largest absolute Gasteiger partial charge is 0.497 e. The molecular formula is C24H27N5O4S2. The molecule has 0 radical (unpaired) electrons. The van der Waals surface area contributed by atoms with Gasteiger partial charge in [-0.15, -0.1) is 11.3 Å². The van der Waals surface area contributed by atoms with Gasteiger partial charge in [0.1, 0.15) is 10.6 Å². The molecule has 3 amide bonds. The molecule has 35 heavy (non-hydrogen) atoms. The van der Waals surface area contributed by atoms with Crippen LogP contribution in [0.25, 0.3) is 0 Å². The van der Waals surface area contributed by atoms with E-state index in [1.807, 2.05) is 17.5 Å². The third-order valence-corrected chi connectivity index (χ3v) is 7.75. The van der Waals surface area contributed by atoms with Gasteiger partial charge in [0.25, 0.3) is 11.8 Å². The van der Waals surface area contributed by atoms with E-state index in [9.17, 15) is 14.4 Å². The smallest absolute Gasteiger partial charge is 0.273 e. The van der Waals surface area contributed by atoms with E-state index in [2.05, 4.69) is 9.69 Å². The summed E-state index contributed by atoms with van der Waals surface area (Å²) in [7, 11) is 1.53. The Morgan fingerprint density at radius 3 is 2.57 bits per heavy atom. The molecule has 9 nitrogen and oxygen atoms in total. The van der Waals surface area contributed by atoms with Crippen LogP contribution in [0.4, 0.5) is 11.4 Å². The number of nitrogen functional groups attached to an aromatic ring is 1. The minimum Gasteiger partial charge on any atom is -0.497 e. The van der Waals surface area contributed by atoms with Crippen LogP contribution < -0.4 is 26.4 Å². The minimum atomic E-state index is -0.963. The molecule has 4 rings (SSSR count). The number of anilines is 2. The second kappa shape index (κ2) is 10.9. The number of benzene rings is 1. The molecular weight excluding hydrogens is 486 g/mol. The summed E-state index contributed by atoms with van der Waals surface area (Å²) in [5.74, 6) is -1.14. The van der Waals surface area contributed by atoms with Crippen LogP contribution in [-0.4, -0.2) is 35.2 Å². The van der Waals surface area contributed by atoms with Crippen molar-refractivity contribution in [2.75, 3.05) is 17.7 Å². The van der Waals surface area contributed by atoms with Gasteiger partial charge in [-0.1, -0.05) is 31.4 Å². The maximum absolute atomic E-state index is 14.0. The Balaban J connectivity index is 1.81. The lowest BCUT2D eigenvalue weighted by Gasteiger charge is -2.32. The molecule has 2 aromatic heterocycles. The van der Waals surface area contributed by atoms with Crippen LogP contribution in [0.5, 0.6) is 5.75 Å². The molecule has 11 heteroatoms. The lowest BCUT2D eigenvalue weighted by atomic mass is 9.95. The summed E-state index contributed by atoms with van der Waals surface area (Å²) in [5, 5.41) is 5.01. The topological polar surface area (TPSA) is 141 Å². The van der Waals surface area contributed by atoms with Gasteiger partial charge in [-0.05, 0) is 48.0 Å². The zero-order valence-electron chi connectivity index (χ0n) is 19.2. The van der Waals surface area contributed by atoms with E-state index in [0.717, 1.165) is 43.6 Å². The highest BCUT2D eigenvalue weighted by Gasteiger charge is 2.37. The first-order valence-electron chi connectivity index (χ1n) is 11.3. The number of hydrogen-bond donors (Lipinski definition) is 3. The number of aromatic nitrogens is 1. The van der Waals surface area contributed by atoms with Crippen molar-refractivity contribution in [1.29, 1.82) is 0 Å². The van der Waals surface area contributed by atoms with Gasteiger partial charge in [-0.2, -0.15) is 4.37 Å². The van der Waals surface area contributed by atoms with Crippen molar-refractivity contribution in [2.45, 2.75) is 44.2 Å². The van der Waals surface area contributed by atoms with Gasteiger partial charge in [-0.25, -0.2) is 0 Å². The molecule has 184 valence electrons. The predicted molar refractivity (Wildman–Crippen MR) is 137 cm³/mol. The summed E-state index contributed by atoms with van der Waals surface area (Å²) in [5.41, 5.74) is 11.6. The Kier molecular flexibility index (Phi) is 7.67. The lowest BCUT2D eigenvalue weighted by Crippen LogP contribution is -2.47. The Labute approximate surface area is 211 Å². The van der Waals surface area contributed by atoms with Crippen LogP contribution in [0.2, 0.25) is 0 Å². The first kappa shape index (κ1) is 24.7. The van der Waals surface area contributed by atoms with Crippen LogP contribution in [-0.2, 0) is 4.79 Å². The van der Waals surface area contributed by atoms with Crippen LogP contribution in [0.1, 0.15) is 63.2 Å². The van der Waals surface area contributed by atoms with E-state index in [4.69, 9.17) is 16.2 Å². The Hall–Kier alpha value is -3.44. The number of amides is 3.